The molecule has 1 aromatic heterocycles. The molecule has 1 N–H and O–H groups in total. The number of anilines is 1. The van der Waals surface area contributed by atoms with Gasteiger partial charge in [0, 0.05) is 57.0 Å². The van der Waals surface area contributed by atoms with Gasteiger partial charge in [0.05, 0.1) is 12.2 Å². The number of benzene rings is 1. The summed E-state index contributed by atoms with van der Waals surface area (Å²) in [6, 6.07) is 7.38. The van der Waals surface area contributed by atoms with Gasteiger partial charge in [0.15, 0.2) is 0 Å². The summed E-state index contributed by atoms with van der Waals surface area (Å²) in [5.41, 5.74) is 1.84. The predicted molar refractivity (Wildman–Crippen MR) is 114 cm³/mol. The van der Waals surface area contributed by atoms with Crippen LogP contribution >= 0.6 is 0 Å². The second-order valence-corrected chi connectivity index (χ2v) is 8.88. The van der Waals surface area contributed by atoms with E-state index in [-0.39, 0.29) is 23.6 Å². The molecule has 8 nitrogen and oxygen atoms in total. The average molecular weight is 422 g/mol. The fourth-order valence-electron chi connectivity index (χ4n) is 5.64. The zero-order chi connectivity index (χ0) is 21.8. The maximum atomic E-state index is 13.7. The van der Waals surface area contributed by atoms with Crippen LogP contribution in [0.25, 0.3) is 0 Å². The zero-order valence-electron chi connectivity index (χ0n) is 17.9. The Bertz CT molecular complexity index is 1050. The van der Waals surface area contributed by atoms with Gasteiger partial charge in [-0.3, -0.25) is 19.1 Å². The summed E-state index contributed by atoms with van der Waals surface area (Å²) in [5.74, 6) is -0.0570. The lowest BCUT2D eigenvalue weighted by Crippen LogP contribution is -2.46. The molecule has 2 aromatic rings. The van der Waals surface area contributed by atoms with Crippen molar-refractivity contribution in [1.82, 2.24) is 19.6 Å². The average Bonchev–Trinajstić information content (AvgIpc) is 3.45. The minimum atomic E-state index is -0.810. The summed E-state index contributed by atoms with van der Waals surface area (Å²) in [6.45, 7) is 3.30. The van der Waals surface area contributed by atoms with Gasteiger partial charge in [-0.25, -0.2) is 0 Å². The van der Waals surface area contributed by atoms with Gasteiger partial charge in [-0.2, -0.15) is 5.10 Å². The van der Waals surface area contributed by atoms with E-state index in [1.165, 1.54) is 0 Å². The third kappa shape index (κ3) is 2.96. The fourth-order valence-corrected chi connectivity index (χ4v) is 5.64. The molecule has 1 spiro atoms. The molecule has 0 bridgehead atoms. The molecule has 2 atom stereocenters. The van der Waals surface area contributed by atoms with Gasteiger partial charge in [-0.1, -0.05) is 18.2 Å². The van der Waals surface area contributed by atoms with E-state index in [2.05, 4.69) is 10.4 Å². The number of carbonyl (C=O) groups excluding carboxylic acids is 3. The number of aryl methyl sites for hydroxylation is 1. The molecule has 31 heavy (non-hydrogen) atoms. The van der Waals surface area contributed by atoms with Crippen molar-refractivity contribution in [3.63, 3.8) is 0 Å². The number of nitrogens with one attached hydrogen (secondary N) is 1. The summed E-state index contributed by atoms with van der Waals surface area (Å²) in [5, 5.41) is 7.38. The first-order valence-corrected chi connectivity index (χ1v) is 10.9. The molecular formula is C23H27N5O3. The van der Waals surface area contributed by atoms with Crippen LogP contribution in [0.5, 0.6) is 0 Å². The van der Waals surface area contributed by atoms with E-state index in [0.717, 1.165) is 16.8 Å². The van der Waals surface area contributed by atoms with Gasteiger partial charge < -0.3 is 15.1 Å². The Hall–Kier alpha value is -3.16. The maximum absolute atomic E-state index is 13.7. The minimum Gasteiger partial charge on any atom is -0.343 e. The molecule has 4 heterocycles. The lowest BCUT2D eigenvalue weighted by Gasteiger charge is -2.37. The lowest BCUT2D eigenvalue weighted by molar-refractivity contribution is -0.141. The fraction of sp³-hybridized carbons (Fsp3) is 0.478. The molecule has 3 aliphatic rings. The van der Waals surface area contributed by atoms with Gasteiger partial charge in [0.2, 0.25) is 17.7 Å². The lowest BCUT2D eigenvalue weighted by atomic mass is 9.73. The van der Waals surface area contributed by atoms with Crippen LogP contribution in [0, 0.1) is 5.92 Å². The van der Waals surface area contributed by atoms with Crippen LogP contribution in [0.2, 0.25) is 0 Å². The first kappa shape index (κ1) is 19.8. The van der Waals surface area contributed by atoms with Gasteiger partial charge >= 0.3 is 0 Å². The van der Waals surface area contributed by atoms with Crippen LogP contribution in [-0.2, 0) is 26.8 Å². The first-order valence-electron chi connectivity index (χ1n) is 10.9. The SMILES string of the molecule is CC(=O)N1CCC(C(=O)N2CC[C@]3(C(=O)Nc4ccccc43)[C@@H]2c2cnn(C)c2)CC1. The molecule has 0 aliphatic carbocycles. The highest BCUT2D eigenvalue weighted by molar-refractivity contribution is 6.07. The van der Waals surface area contributed by atoms with Crippen molar-refractivity contribution in [2.24, 2.45) is 13.0 Å². The predicted octanol–water partition coefficient (Wildman–Crippen LogP) is 1.84. The van der Waals surface area contributed by atoms with E-state index >= 15 is 0 Å². The molecule has 3 amide bonds. The van der Waals surface area contributed by atoms with Crippen LogP contribution in [0.1, 0.15) is 43.4 Å². The molecule has 8 heteroatoms. The standard InChI is InChI=1S/C23H27N5O3/c1-15(29)27-10-7-16(8-11-27)21(30)28-12-9-23(20(28)17-13-24-26(2)14-17)18-5-3-4-6-19(18)25-22(23)31/h3-6,13-14,16,20H,7-12H2,1-2H3,(H,25,31)/t20-,23+/m0/s1. The maximum Gasteiger partial charge on any atom is 0.237 e. The Labute approximate surface area is 181 Å². The molecule has 2 saturated heterocycles. The normalized spacial score (nSPS) is 25.7. The second-order valence-electron chi connectivity index (χ2n) is 8.88. The number of likely N-dealkylation sites (tertiary alicyclic amines) is 2. The van der Waals surface area contributed by atoms with E-state index in [0.29, 0.717) is 38.9 Å². The highest BCUT2D eigenvalue weighted by atomic mass is 16.2. The number of hydrogen-bond acceptors (Lipinski definition) is 4. The van der Waals surface area contributed by atoms with Crippen molar-refractivity contribution >= 4 is 23.4 Å². The highest BCUT2D eigenvalue weighted by Gasteiger charge is 2.60. The minimum absolute atomic E-state index is 0.0516. The third-order valence-corrected chi connectivity index (χ3v) is 7.20. The summed E-state index contributed by atoms with van der Waals surface area (Å²) in [4.78, 5) is 42.4. The summed E-state index contributed by atoms with van der Waals surface area (Å²) < 4.78 is 1.72. The Morgan fingerprint density at radius 3 is 2.58 bits per heavy atom. The van der Waals surface area contributed by atoms with Crippen LogP contribution in [0.15, 0.2) is 36.7 Å². The van der Waals surface area contributed by atoms with E-state index in [9.17, 15) is 14.4 Å². The number of hydrogen-bond donors (Lipinski definition) is 1. The van der Waals surface area contributed by atoms with Crippen LogP contribution in [0.4, 0.5) is 5.69 Å². The molecule has 162 valence electrons. The summed E-state index contributed by atoms with van der Waals surface area (Å²) >= 11 is 0. The zero-order valence-corrected chi connectivity index (χ0v) is 17.9. The molecule has 5 rings (SSSR count). The molecule has 0 saturated carbocycles. The first-order chi connectivity index (χ1) is 14.9. The van der Waals surface area contributed by atoms with Crippen molar-refractivity contribution in [3.05, 3.63) is 47.8 Å². The number of rotatable bonds is 2. The van der Waals surface area contributed by atoms with Crippen molar-refractivity contribution < 1.29 is 14.4 Å². The summed E-state index contributed by atoms with van der Waals surface area (Å²) in [7, 11) is 1.84. The van der Waals surface area contributed by atoms with E-state index in [1.54, 1.807) is 22.7 Å². The smallest absolute Gasteiger partial charge is 0.237 e. The molecule has 0 unspecified atom stereocenters. The number of fused-ring (bicyclic) bond motifs is 2. The topological polar surface area (TPSA) is 87.5 Å². The monoisotopic (exact) mass is 421 g/mol. The van der Waals surface area contributed by atoms with E-state index in [4.69, 9.17) is 0 Å². The Balaban J connectivity index is 1.51. The number of amides is 3. The second kappa shape index (κ2) is 7.21. The van der Waals surface area contributed by atoms with Gasteiger partial charge in [0.1, 0.15) is 5.41 Å². The number of carbonyl (C=O) groups is 3. The number of piperidine rings is 1. The molecule has 2 fully saturated rings. The van der Waals surface area contributed by atoms with E-state index in [1.807, 2.05) is 42.4 Å². The van der Waals surface area contributed by atoms with Crippen LogP contribution < -0.4 is 5.32 Å². The van der Waals surface area contributed by atoms with Crippen molar-refractivity contribution in [2.45, 2.75) is 37.6 Å². The number of aromatic nitrogens is 2. The highest BCUT2D eigenvalue weighted by Crippen LogP contribution is 2.55. The molecule has 1 aromatic carbocycles. The third-order valence-electron chi connectivity index (χ3n) is 7.20. The Morgan fingerprint density at radius 2 is 1.90 bits per heavy atom. The molecule has 3 aliphatic heterocycles. The van der Waals surface area contributed by atoms with Gasteiger partial charge in [-0.05, 0) is 30.9 Å². The molecular weight excluding hydrogens is 394 g/mol. The van der Waals surface area contributed by atoms with Gasteiger partial charge in [-0.15, -0.1) is 0 Å². The quantitative estimate of drug-likeness (QED) is 0.802. The largest absolute Gasteiger partial charge is 0.343 e. The summed E-state index contributed by atoms with van der Waals surface area (Å²) in [6.07, 6.45) is 5.57. The Kier molecular flexibility index (Phi) is 4.60. The Morgan fingerprint density at radius 1 is 1.16 bits per heavy atom. The van der Waals surface area contributed by atoms with Crippen molar-refractivity contribution in [2.75, 3.05) is 25.0 Å². The van der Waals surface area contributed by atoms with Crippen LogP contribution in [0.3, 0.4) is 0 Å². The number of nitrogens with zero attached hydrogens (tertiary/aromatic N) is 4. The molecule has 0 radical (unpaired) electrons. The van der Waals surface area contributed by atoms with E-state index < -0.39 is 11.5 Å². The van der Waals surface area contributed by atoms with Crippen LogP contribution in [-0.4, -0.2) is 56.9 Å². The number of para-hydroxylation sites is 1. The van der Waals surface area contributed by atoms with Crippen molar-refractivity contribution in [1.29, 1.82) is 0 Å². The van der Waals surface area contributed by atoms with Crippen molar-refractivity contribution in [3.8, 4) is 0 Å². The van der Waals surface area contributed by atoms with Gasteiger partial charge in [0.25, 0.3) is 0 Å².